The second-order valence-electron chi connectivity index (χ2n) is 6.61. The molecule has 3 rings (SSSR count). The fourth-order valence-electron chi connectivity index (χ4n) is 2.85. The van der Waals surface area contributed by atoms with Gasteiger partial charge in [-0.15, -0.1) is 0 Å². The summed E-state index contributed by atoms with van der Waals surface area (Å²) in [6.45, 7) is 3.99. The summed E-state index contributed by atoms with van der Waals surface area (Å²) in [4.78, 5) is 40.8. The maximum atomic E-state index is 12.5. The van der Waals surface area contributed by atoms with Gasteiger partial charge in [0.15, 0.2) is 5.16 Å². The molecule has 1 amide bonds. The molecule has 0 spiro atoms. The second-order valence-corrected chi connectivity index (χ2v) is 7.60. The first-order chi connectivity index (χ1) is 12.9. The first-order valence-corrected chi connectivity index (χ1v) is 9.62. The van der Waals surface area contributed by atoms with E-state index in [9.17, 15) is 14.4 Å². The third kappa shape index (κ3) is 4.21. The van der Waals surface area contributed by atoms with Crippen LogP contribution in [0.2, 0.25) is 0 Å². The van der Waals surface area contributed by atoms with Crippen LogP contribution in [0.15, 0.2) is 40.3 Å². The fraction of sp³-hybridized carbons (Fsp3) is 0.368. The van der Waals surface area contributed by atoms with Gasteiger partial charge in [-0.2, -0.15) is 0 Å². The van der Waals surface area contributed by atoms with Gasteiger partial charge in [0.25, 0.3) is 5.56 Å². The first kappa shape index (κ1) is 19.2. The number of fused-ring (bicyclic) bond motifs is 1. The fourth-order valence-corrected chi connectivity index (χ4v) is 4.01. The van der Waals surface area contributed by atoms with E-state index >= 15 is 0 Å². The highest BCUT2D eigenvalue weighted by molar-refractivity contribution is 7.99. The van der Waals surface area contributed by atoms with E-state index in [1.165, 1.54) is 18.9 Å². The number of ether oxygens (including phenoxy) is 1. The van der Waals surface area contributed by atoms with E-state index < -0.39 is 5.97 Å². The molecule has 1 aromatic carbocycles. The predicted octanol–water partition coefficient (Wildman–Crippen LogP) is 2.83. The van der Waals surface area contributed by atoms with Gasteiger partial charge in [0.05, 0.1) is 24.4 Å². The number of anilines is 1. The van der Waals surface area contributed by atoms with E-state index in [0.29, 0.717) is 22.2 Å². The highest BCUT2D eigenvalue weighted by Crippen LogP contribution is 2.33. The molecule has 2 heterocycles. The maximum absolute atomic E-state index is 12.5. The molecule has 0 saturated heterocycles. The van der Waals surface area contributed by atoms with E-state index in [4.69, 9.17) is 0 Å². The van der Waals surface area contributed by atoms with Gasteiger partial charge < -0.3 is 10.1 Å². The summed E-state index contributed by atoms with van der Waals surface area (Å²) >= 11 is 1.50. The number of thioether (sulfide) groups is 1. The molecule has 27 heavy (non-hydrogen) atoms. The van der Waals surface area contributed by atoms with Crippen molar-refractivity contribution in [3.8, 4) is 0 Å². The number of esters is 1. The Kier molecular flexibility index (Phi) is 5.65. The number of carbonyl (C=O) groups is 2. The van der Waals surface area contributed by atoms with Crippen molar-refractivity contribution in [2.45, 2.75) is 37.4 Å². The van der Waals surface area contributed by atoms with Gasteiger partial charge in [-0.1, -0.05) is 25.6 Å². The summed E-state index contributed by atoms with van der Waals surface area (Å²) in [5.74, 6) is 0.192. The quantitative estimate of drug-likeness (QED) is 0.627. The largest absolute Gasteiger partial charge is 0.465 e. The highest BCUT2D eigenvalue weighted by Gasteiger charge is 2.28. The molecule has 7 nitrogen and oxygen atoms in total. The molecule has 0 fully saturated rings. The Labute approximate surface area is 161 Å². The van der Waals surface area contributed by atoms with Crippen LogP contribution < -0.4 is 10.9 Å². The lowest BCUT2D eigenvalue weighted by molar-refractivity contribution is -0.116. The van der Waals surface area contributed by atoms with Crippen molar-refractivity contribution in [3.05, 3.63) is 51.9 Å². The third-order valence-electron chi connectivity index (χ3n) is 4.31. The molecule has 1 aliphatic heterocycles. The SMILES string of the molecule is COC(=O)c1ccc(NC(=O)C[C@@H]2CSc3nc(C(C)C)cc(=O)n32)cc1. The van der Waals surface area contributed by atoms with E-state index in [1.807, 2.05) is 13.8 Å². The van der Waals surface area contributed by atoms with Crippen molar-refractivity contribution in [2.75, 3.05) is 18.2 Å². The first-order valence-electron chi connectivity index (χ1n) is 8.63. The van der Waals surface area contributed by atoms with Gasteiger partial charge in [0.1, 0.15) is 0 Å². The minimum absolute atomic E-state index is 0.117. The van der Waals surface area contributed by atoms with Crippen molar-refractivity contribution >= 4 is 29.3 Å². The summed E-state index contributed by atoms with van der Waals surface area (Å²) < 4.78 is 6.25. The zero-order valence-electron chi connectivity index (χ0n) is 15.4. The standard InChI is InChI=1S/C19H21N3O4S/c1-11(2)15-9-17(24)22-14(10-27-19(22)21-15)8-16(23)20-13-6-4-12(5-7-13)18(25)26-3/h4-7,9,11,14H,8,10H2,1-3H3,(H,20,23)/t14-/m1/s1. The molecule has 1 aromatic heterocycles. The molecule has 8 heteroatoms. The van der Waals surface area contributed by atoms with E-state index in [-0.39, 0.29) is 29.8 Å². The molecule has 142 valence electrons. The number of nitrogens with zero attached hydrogens (tertiary/aromatic N) is 2. The van der Waals surface area contributed by atoms with Crippen molar-refractivity contribution < 1.29 is 14.3 Å². The normalized spacial score (nSPS) is 15.5. The molecule has 0 radical (unpaired) electrons. The summed E-state index contributed by atoms with van der Waals surface area (Å²) in [5.41, 5.74) is 1.65. The van der Waals surface area contributed by atoms with Crippen LogP contribution in [0.5, 0.6) is 0 Å². The predicted molar refractivity (Wildman–Crippen MR) is 103 cm³/mol. The molecule has 1 aliphatic rings. The lowest BCUT2D eigenvalue weighted by Crippen LogP contribution is -2.28. The molecule has 1 N–H and O–H groups in total. The van der Waals surface area contributed by atoms with Gasteiger partial charge in [0, 0.05) is 23.9 Å². The van der Waals surface area contributed by atoms with Crippen LogP contribution in [0, 0.1) is 0 Å². The number of nitrogens with one attached hydrogen (secondary N) is 1. The molecule has 1 atom stereocenters. The topological polar surface area (TPSA) is 90.3 Å². The Morgan fingerprint density at radius 3 is 2.67 bits per heavy atom. The van der Waals surface area contributed by atoms with E-state index in [0.717, 1.165) is 5.69 Å². The van der Waals surface area contributed by atoms with Crippen LogP contribution in [0.1, 0.15) is 48.3 Å². The van der Waals surface area contributed by atoms with Crippen LogP contribution >= 0.6 is 11.8 Å². The van der Waals surface area contributed by atoms with Crippen LogP contribution in [-0.4, -0.2) is 34.3 Å². The number of amides is 1. The minimum Gasteiger partial charge on any atom is -0.465 e. The number of hydrogen-bond donors (Lipinski definition) is 1. The van der Waals surface area contributed by atoms with Crippen LogP contribution in [-0.2, 0) is 9.53 Å². The van der Waals surface area contributed by atoms with Crippen molar-refractivity contribution in [3.63, 3.8) is 0 Å². The Morgan fingerprint density at radius 2 is 2.04 bits per heavy atom. The minimum atomic E-state index is -0.430. The Hall–Kier alpha value is -2.61. The van der Waals surface area contributed by atoms with Crippen molar-refractivity contribution in [1.82, 2.24) is 9.55 Å². The van der Waals surface area contributed by atoms with Gasteiger partial charge in [0.2, 0.25) is 5.91 Å². The summed E-state index contributed by atoms with van der Waals surface area (Å²) in [5, 5.41) is 3.47. The number of aromatic nitrogens is 2. The smallest absolute Gasteiger partial charge is 0.337 e. The van der Waals surface area contributed by atoms with Crippen molar-refractivity contribution in [2.24, 2.45) is 0 Å². The van der Waals surface area contributed by atoms with Crippen LogP contribution in [0.3, 0.4) is 0 Å². The number of methoxy groups -OCH3 is 1. The Balaban J connectivity index is 1.68. The zero-order valence-corrected chi connectivity index (χ0v) is 16.2. The zero-order chi connectivity index (χ0) is 19.6. The molecule has 0 aliphatic carbocycles. The number of rotatable bonds is 5. The van der Waals surface area contributed by atoms with Gasteiger partial charge in [-0.3, -0.25) is 14.2 Å². The molecule has 0 bridgehead atoms. The average Bonchev–Trinajstić information content (AvgIpc) is 3.04. The molecule has 2 aromatic rings. The monoisotopic (exact) mass is 387 g/mol. The van der Waals surface area contributed by atoms with Crippen LogP contribution in [0.4, 0.5) is 5.69 Å². The summed E-state index contributed by atoms with van der Waals surface area (Å²) in [7, 11) is 1.32. The van der Waals surface area contributed by atoms with Gasteiger partial charge >= 0.3 is 5.97 Å². The third-order valence-corrected chi connectivity index (χ3v) is 5.41. The van der Waals surface area contributed by atoms with E-state index in [2.05, 4.69) is 15.0 Å². The summed E-state index contributed by atoms with van der Waals surface area (Å²) in [6.07, 6.45) is 0.182. The number of hydrogen-bond acceptors (Lipinski definition) is 6. The van der Waals surface area contributed by atoms with Crippen LogP contribution in [0.25, 0.3) is 0 Å². The second kappa shape index (κ2) is 7.96. The lowest BCUT2D eigenvalue weighted by atomic mass is 10.1. The van der Waals surface area contributed by atoms with Gasteiger partial charge in [-0.05, 0) is 30.2 Å². The number of benzene rings is 1. The Morgan fingerprint density at radius 1 is 1.33 bits per heavy atom. The number of carbonyl (C=O) groups excluding carboxylic acids is 2. The van der Waals surface area contributed by atoms with Crippen molar-refractivity contribution in [1.29, 1.82) is 0 Å². The van der Waals surface area contributed by atoms with Gasteiger partial charge in [-0.25, -0.2) is 9.78 Å². The molecular formula is C19H21N3O4S. The molecule has 0 saturated carbocycles. The molecular weight excluding hydrogens is 366 g/mol. The highest BCUT2D eigenvalue weighted by atomic mass is 32.2. The average molecular weight is 387 g/mol. The Bertz CT molecular complexity index is 922. The molecule has 0 unspecified atom stereocenters. The van der Waals surface area contributed by atoms with E-state index in [1.54, 1.807) is 34.9 Å². The summed E-state index contributed by atoms with van der Waals surface area (Å²) in [6, 6.07) is 7.79. The maximum Gasteiger partial charge on any atom is 0.337 e. The lowest BCUT2D eigenvalue weighted by Gasteiger charge is -2.14.